The summed E-state index contributed by atoms with van der Waals surface area (Å²) in [5.41, 5.74) is 5.60. The van der Waals surface area contributed by atoms with Crippen LogP contribution in [-0.2, 0) is 4.79 Å². The third-order valence-electron chi connectivity index (χ3n) is 4.10. The quantitative estimate of drug-likeness (QED) is 0.394. The molecule has 0 saturated heterocycles. The molecule has 3 rings (SSSR count). The minimum absolute atomic E-state index is 0.0215. The highest BCUT2D eigenvalue weighted by Crippen LogP contribution is 2.18. The van der Waals surface area contributed by atoms with Crippen LogP contribution in [0.15, 0.2) is 84.0 Å². The summed E-state index contributed by atoms with van der Waals surface area (Å²) < 4.78 is 12.9. The molecule has 0 aliphatic heterocycles. The largest absolute Gasteiger partial charge is 0.356 e. The summed E-state index contributed by atoms with van der Waals surface area (Å²) in [5.74, 6) is -1.15. The molecule has 0 atom stereocenters. The third kappa shape index (κ3) is 6.27. The van der Waals surface area contributed by atoms with Gasteiger partial charge in [0.1, 0.15) is 5.82 Å². The Morgan fingerprint density at radius 3 is 2.10 bits per heavy atom. The molecule has 152 valence electrons. The van der Waals surface area contributed by atoms with Gasteiger partial charge >= 0.3 is 0 Å². The van der Waals surface area contributed by atoms with E-state index in [4.69, 9.17) is 0 Å². The average Bonchev–Trinajstić information content (AvgIpc) is 2.74. The fourth-order valence-corrected chi connectivity index (χ4v) is 2.61. The zero-order valence-electron chi connectivity index (χ0n) is 16.4. The summed E-state index contributed by atoms with van der Waals surface area (Å²) in [7, 11) is 0. The van der Waals surface area contributed by atoms with Gasteiger partial charge in [-0.2, -0.15) is 5.10 Å². The molecule has 3 aromatic carbocycles. The van der Waals surface area contributed by atoms with Crippen LogP contribution in [0.4, 0.5) is 21.5 Å². The molecule has 0 bridgehead atoms. The Morgan fingerprint density at radius 1 is 0.833 bits per heavy atom. The number of amides is 2. The lowest BCUT2D eigenvalue weighted by Gasteiger charge is -2.09. The van der Waals surface area contributed by atoms with E-state index >= 15 is 0 Å². The van der Waals surface area contributed by atoms with Gasteiger partial charge in [-0.25, -0.2) is 9.82 Å². The maximum absolute atomic E-state index is 12.9. The molecule has 6 nitrogen and oxygen atoms in total. The van der Waals surface area contributed by atoms with Crippen molar-refractivity contribution in [3.05, 3.63) is 90.2 Å². The number of halogens is 1. The molecule has 0 radical (unpaired) electrons. The van der Waals surface area contributed by atoms with E-state index < -0.39 is 11.7 Å². The van der Waals surface area contributed by atoms with Gasteiger partial charge in [-0.05, 0) is 67.6 Å². The van der Waals surface area contributed by atoms with Crippen molar-refractivity contribution < 1.29 is 14.0 Å². The molecule has 2 amide bonds. The Labute approximate surface area is 173 Å². The van der Waals surface area contributed by atoms with Gasteiger partial charge in [0.2, 0.25) is 5.91 Å². The summed E-state index contributed by atoms with van der Waals surface area (Å²) in [6.07, 6.45) is 0.0215. The zero-order valence-corrected chi connectivity index (χ0v) is 16.4. The van der Waals surface area contributed by atoms with Crippen molar-refractivity contribution in [3.8, 4) is 0 Å². The predicted octanol–water partition coefficient (Wildman–Crippen LogP) is 4.70. The number of nitrogens with one attached hydrogen (secondary N) is 3. The van der Waals surface area contributed by atoms with Crippen LogP contribution in [0.3, 0.4) is 0 Å². The Kier molecular flexibility index (Phi) is 6.89. The fraction of sp³-hybridized carbons (Fsp3) is 0.0870. The number of carbonyl (C=O) groups excluding carboxylic acids is 2. The molecule has 0 saturated carbocycles. The Bertz CT molecular complexity index is 1030. The molecular formula is C23H21FN4O2. The lowest BCUT2D eigenvalue weighted by atomic mass is 10.2. The van der Waals surface area contributed by atoms with Crippen LogP contribution in [-0.4, -0.2) is 17.5 Å². The van der Waals surface area contributed by atoms with Crippen molar-refractivity contribution in [1.29, 1.82) is 0 Å². The number of carbonyl (C=O) groups is 2. The van der Waals surface area contributed by atoms with Gasteiger partial charge in [0.25, 0.3) is 5.91 Å². The number of hydrogen-bond donors (Lipinski definition) is 3. The molecule has 0 aliphatic carbocycles. The minimum Gasteiger partial charge on any atom is -0.356 e. The highest BCUT2D eigenvalue weighted by Gasteiger charge is 2.07. The first-order valence-electron chi connectivity index (χ1n) is 9.30. The van der Waals surface area contributed by atoms with E-state index in [2.05, 4.69) is 21.2 Å². The van der Waals surface area contributed by atoms with Gasteiger partial charge < -0.3 is 10.6 Å². The number of rotatable bonds is 7. The van der Waals surface area contributed by atoms with Crippen molar-refractivity contribution in [2.45, 2.75) is 13.3 Å². The van der Waals surface area contributed by atoms with Gasteiger partial charge in [-0.3, -0.25) is 9.59 Å². The summed E-state index contributed by atoms with van der Waals surface area (Å²) >= 11 is 0. The van der Waals surface area contributed by atoms with Gasteiger partial charge in [0.15, 0.2) is 0 Å². The van der Waals surface area contributed by atoms with Crippen LogP contribution >= 0.6 is 0 Å². The molecule has 7 heteroatoms. The van der Waals surface area contributed by atoms with Crippen LogP contribution < -0.4 is 16.1 Å². The van der Waals surface area contributed by atoms with Crippen LogP contribution in [0, 0.1) is 5.82 Å². The smallest absolute Gasteiger partial charge is 0.271 e. The van der Waals surface area contributed by atoms with E-state index in [1.165, 1.54) is 24.3 Å². The van der Waals surface area contributed by atoms with Crippen molar-refractivity contribution in [2.24, 2.45) is 5.10 Å². The lowest BCUT2D eigenvalue weighted by Crippen LogP contribution is -2.21. The first-order valence-corrected chi connectivity index (χ1v) is 9.30. The maximum atomic E-state index is 12.9. The molecule has 3 aromatic rings. The van der Waals surface area contributed by atoms with Crippen molar-refractivity contribution >= 4 is 34.6 Å². The fourth-order valence-electron chi connectivity index (χ4n) is 2.61. The SMILES string of the molecule is C/C(CC(=O)Nc1ccc(Nc2ccccc2)cc1)=N/NC(=O)c1ccc(F)cc1. The van der Waals surface area contributed by atoms with Crippen LogP contribution in [0.2, 0.25) is 0 Å². The van der Waals surface area contributed by atoms with E-state index in [0.29, 0.717) is 11.4 Å². The predicted molar refractivity (Wildman–Crippen MR) is 116 cm³/mol. The monoisotopic (exact) mass is 404 g/mol. The number of nitrogens with zero attached hydrogens (tertiary/aromatic N) is 1. The van der Waals surface area contributed by atoms with Gasteiger partial charge in [0.05, 0.1) is 6.42 Å². The summed E-state index contributed by atoms with van der Waals surface area (Å²) in [4.78, 5) is 24.1. The Hall–Kier alpha value is -4.00. The number of hydrazone groups is 1. The summed E-state index contributed by atoms with van der Waals surface area (Å²) in [6, 6.07) is 22.2. The normalized spacial score (nSPS) is 10.9. The zero-order chi connectivity index (χ0) is 21.3. The Morgan fingerprint density at radius 2 is 1.43 bits per heavy atom. The van der Waals surface area contributed by atoms with Crippen LogP contribution in [0.5, 0.6) is 0 Å². The standard InChI is InChI=1S/C23H21FN4O2/c1-16(27-28-23(30)17-7-9-18(24)10-8-17)15-22(29)26-21-13-11-20(12-14-21)25-19-5-3-2-4-6-19/h2-14,25H,15H2,1H3,(H,26,29)(H,28,30)/b27-16-. The van der Waals surface area contributed by atoms with E-state index in [-0.39, 0.29) is 17.9 Å². The van der Waals surface area contributed by atoms with Gasteiger partial charge in [-0.15, -0.1) is 0 Å². The van der Waals surface area contributed by atoms with Gasteiger partial charge in [0, 0.05) is 28.3 Å². The highest BCUT2D eigenvalue weighted by molar-refractivity contribution is 6.06. The minimum atomic E-state index is -0.476. The number of anilines is 3. The molecule has 30 heavy (non-hydrogen) atoms. The number of benzene rings is 3. The van der Waals surface area contributed by atoms with E-state index in [1.807, 2.05) is 42.5 Å². The molecule has 0 spiro atoms. The second kappa shape index (κ2) is 9.97. The lowest BCUT2D eigenvalue weighted by molar-refractivity contribution is -0.115. The first kappa shape index (κ1) is 20.7. The van der Waals surface area contributed by atoms with Crippen molar-refractivity contribution in [1.82, 2.24) is 5.43 Å². The van der Waals surface area contributed by atoms with Crippen molar-refractivity contribution in [3.63, 3.8) is 0 Å². The second-order valence-electron chi connectivity index (χ2n) is 6.59. The molecule has 0 unspecified atom stereocenters. The summed E-state index contributed by atoms with van der Waals surface area (Å²) in [6.45, 7) is 1.64. The number of para-hydroxylation sites is 1. The first-order chi connectivity index (χ1) is 14.5. The number of hydrogen-bond acceptors (Lipinski definition) is 4. The average molecular weight is 404 g/mol. The maximum Gasteiger partial charge on any atom is 0.271 e. The molecule has 0 aliphatic rings. The molecule has 3 N–H and O–H groups in total. The topological polar surface area (TPSA) is 82.6 Å². The second-order valence-corrected chi connectivity index (χ2v) is 6.59. The van der Waals surface area contributed by atoms with Crippen LogP contribution in [0.1, 0.15) is 23.7 Å². The Balaban J connectivity index is 1.48. The molecule has 0 fully saturated rings. The summed E-state index contributed by atoms with van der Waals surface area (Å²) in [5, 5.41) is 9.97. The third-order valence-corrected chi connectivity index (χ3v) is 4.10. The van der Waals surface area contributed by atoms with E-state index in [1.54, 1.807) is 19.1 Å². The highest BCUT2D eigenvalue weighted by atomic mass is 19.1. The van der Waals surface area contributed by atoms with E-state index in [0.717, 1.165) is 11.4 Å². The molecular weight excluding hydrogens is 383 g/mol. The van der Waals surface area contributed by atoms with Crippen LogP contribution in [0.25, 0.3) is 0 Å². The van der Waals surface area contributed by atoms with Gasteiger partial charge in [-0.1, -0.05) is 18.2 Å². The van der Waals surface area contributed by atoms with Crippen molar-refractivity contribution in [2.75, 3.05) is 10.6 Å². The molecule has 0 aromatic heterocycles. The van der Waals surface area contributed by atoms with E-state index in [9.17, 15) is 14.0 Å². The molecule has 0 heterocycles.